The van der Waals surface area contributed by atoms with Crippen molar-refractivity contribution in [1.82, 2.24) is 10.2 Å². The Morgan fingerprint density at radius 1 is 1.40 bits per heavy atom. The largest absolute Gasteiger partial charge is 0.480 e. The fourth-order valence-electron chi connectivity index (χ4n) is 2.57. The Bertz CT molecular complexity index is 397. The molecule has 0 bridgehead atoms. The molecule has 2 N–H and O–H groups in total. The number of nitrogens with one attached hydrogen (secondary N) is 1. The molecule has 114 valence electrons. The highest BCUT2D eigenvalue weighted by Crippen LogP contribution is 2.19. The third-order valence-corrected chi connectivity index (χ3v) is 3.86. The summed E-state index contributed by atoms with van der Waals surface area (Å²) in [6, 6.07) is 0. The van der Waals surface area contributed by atoms with E-state index in [1.807, 2.05) is 6.92 Å². The maximum absolute atomic E-state index is 12.2. The molecular formula is C14H24N2O4. The minimum atomic E-state index is -1.23. The minimum absolute atomic E-state index is 0.0444. The Morgan fingerprint density at radius 3 is 2.55 bits per heavy atom. The van der Waals surface area contributed by atoms with Gasteiger partial charge in [0.25, 0.3) is 0 Å². The van der Waals surface area contributed by atoms with Crippen LogP contribution in [0.4, 0.5) is 0 Å². The van der Waals surface area contributed by atoms with Crippen LogP contribution in [-0.4, -0.2) is 46.4 Å². The van der Waals surface area contributed by atoms with E-state index < -0.39 is 11.5 Å². The highest BCUT2D eigenvalue weighted by molar-refractivity contribution is 5.88. The van der Waals surface area contributed by atoms with Crippen molar-refractivity contribution in [3.8, 4) is 0 Å². The van der Waals surface area contributed by atoms with Gasteiger partial charge in [0.1, 0.15) is 5.54 Å². The number of amides is 2. The number of nitrogens with zero attached hydrogens (tertiary/aromatic N) is 1. The van der Waals surface area contributed by atoms with Gasteiger partial charge < -0.3 is 15.3 Å². The molecule has 0 aromatic carbocycles. The molecule has 1 rings (SSSR count). The number of carboxylic acids is 1. The average Bonchev–Trinajstić information content (AvgIpc) is 2.38. The molecule has 1 saturated heterocycles. The van der Waals surface area contributed by atoms with Gasteiger partial charge >= 0.3 is 5.97 Å². The zero-order valence-electron chi connectivity index (χ0n) is 12.4. The SMILES string of the molecule is CCCC(C)(NC(=O)C1CCCN(C(C)=O)C1)C(=O)O. The van der Waals surface area contributed by atoms with E-state index in [2.05, 4.69) is 5.32 Å². The van der Waals surface area contributed by atoms with Crippen LogP contribution in [-0.2, 0) is 14.4 Å². The highest BCUT2D eigenvalue weighted by atomic mass is 16.4. The number of rotatable bonds is 5. The molecule has 6 nitrogen and oxygen atoms in total. The maximum Gasteiger partial charge on any atom is 0.329 e. The summed E-state index contributed by atoms with van der Waals surface area (Å²) >= 11 is 0. The van der Waals surface area contributed by atoms with Crippen molar-refractivity contribution >= 4 is 17.8 Å². The van der Waals surface area contributed by atoms with Crippen molar-refractivity contribution in [2.75, 3.05) is 13.1 Å². The van der Waals surface area contributed by atoms with E-state index in [4.69, 9.17) is 0 Å². The number of carboxylic acid groups (broad SMARTS) is 1. The summed E-state index contributed by atoms with van der Waals surface area (Å²) in [7, 11) is 0. The van der Waals surface area contributed by atoms with E-state index in [-0.39, 0.29) is 17.7 Å². The first-order valence-electron chi connectivity index (χ1n) is 7.11. The number of likely N-dealkylation sites (tertiary alicyclic amines) is 1. The molecule has 0 aliphatic carbocycles. The molecule has 1 aliphatic heterocycles. The molecule has 2 atom stereocenters. The Labute approximate surface area is 119 Å². The van der Waals surface area contributed by atoms with E-state index in [0.29, 0.717) is 32.4 Å². The van der Waals surface area contributed by atoms with Crippen LogP contribution in [0.3, 0.4) is 0 Å². The van der Waals surface area contributed by atoms with Gasteiger partial charge in [-0.25, -0.2) is 4.79 Å². The molecule has 6 heteroatoms. The standard InChI is InChI=1S/C14H24N2O4/c1-4-7-14(3,13(19)20)15-12(18)11-6-5-8-16(9-11)10(2)17/h11H,4-9H2,1-3H3,(H,15,18)(H,19,20). The summed E-state index contributed by atoms with van der Waals surface area (Å²) in [6.07, 6.45) is 2.53. The third kappa shape index (κ3) is 3.95. The fraction of sp³-hybridized carbons (Fsp3) is 0.786. The van der Waals surface area contributed by atoms with Gasteiger partial charge in [-0.2, -0.15) is 0 Å². The van der Waals surface area contributed by atoms with E-state index in [0.717, 1.165) is 6.42 Å². The zero-order valence-corrected chi connectivity index (χ0v) is 12.4. The number of hydrogen-bond acceptors (Lipinski definition) is 3. The van der Waals surface area contributed by atoms with Crippen LogP contribution in [0.5, 0.6) is 0 Å². The molecule has 0 aromatic rings. The maximum atomic E-state index is 12.2. The van der Waals surface area contributed by atoms with Crippen LogP contribution in [0.15, 0.2) is 0 Å². The lowest BCUT2D eigenvalue weighted by Crippen LogP contribution is -2.55. The molecule has 2 unspecified atom stereocenters. The summed E-state index contributed by atoms with van der Waals surface area (Å²) in [5, 5.41) is 11.9. The number of piperidine rings is 1. The number of carbonyl (C=O) groups excluding carboxylic acids is 2. The van der Waals surface area contributed by atoms with Crippen LogP contribution in [0.25, 0.3) is 0 Å². The normalized spacial score (nSPS) is 21.9. The molecule has 1 fully saturated rings. The lowest BCUT2D eigenvalue weighted by molar-refractivity contribution is -0.148. The first kappa shape index (κ1) is 16.5. The second-order valence-electron chi connectivity index (χ2n) is 5.68. The summed E-state index contributed by atoms with van der Waals surface area (Å²) in [6.45, 7) is 5.94. The number of hydrogen-bond donors (Lipinski definition) is 2. The van der Waals surface area contributed by atoms with Crippen molar-refractivity contribution in [2.45, 2.75) is 52.0 Å². The second kappa shape index (κ2) is 6.72. The first-order valence-corrected chi connectivity index (χ1v) is 7.11. The Morgan fingerprint density at radius 2 is 2.05 bits per heavy atom. The van der Waals surface area contributed by atoms with Crippen LogP contribution >= 0.6 is 0 Å². The van der Waals surface area contributed by atoms with Crippen molar-refractivity contribution in [3.05, 3.63) is 0 Å². The predicted molar refractivity (Wildman–Crippen MR) is 74.1 cm³/mol. The van der Waals surface area contributed by atoms with E-state index in [9.17, 15) is 19.5 Å². The van der Waals surface area contributed by atoms with Gasteiger partial charge in [0.2, 0.25) is 11.8 Å². The summed E-state index contributed by atoms with van der Waals surface area (Å²) in [5.41, 5.74) is -1.23. The molecular weight excluding hydrogens is 260 g/mol. The average molecular weight is 284 g/mol. The Kier molecular flexibility index (Phi) is 5.53. The van der Waals surface area contributed by atoms with Gasteiger partial charge in [0.05, 0.1) is 5.92 Å². The van der Waals surface area contributed by atoms with Crippen LogP contribution in [0, 0.1) is 5.92 Å². The molecule has 1 heterocycles. The van der Waals surface area contributed by atoms with Crippen molar-refractivity contribution in [1.29, 1.82) is 0 Å². The molecule has 2 amide bonds. The monoisotopic (exact) mass is 284 g/mol. The highest BCUT2D eigenvalue weighted by Gasteiger charge is 2.37. The van der Waals surface area contributed by atoms with Gasteiger partial charge in [0.15, 0.2) is 0 Å². The summed E-state index contributed by atoms with van der Waals surface area (Å²) in [5.74, 6) is -1.65. The lowest BCUT2D eigenvalue weighted by Gasteiger charge is -2.34. The van der Waals surface area contributed by atoms with Crippen molar-refractivity contribution in [2.24, 2.45) is 5.92 Å². The fourth-order valence-corrected chi connectivity index (χ4v) is 2.57. The number of aliphatic carboxylic acids is 1. The quantitative estimate of drug-likeness (QED) is 0.788. The van der Waals surface area contributed by atoms with Gasteiger partial charge in [-0.3, -0.25) is 9.59 Å². The summed E-state index contributed by atoms with van der Waals surface area (Å²) < 4.78 is 0. The van der Waals surface area contributed by atoms with Crippen LogP contribution in [0.1, 0.15) is 46.5 Å². The van der Waals surface area contributed by atoms with Crippen molar-refractivity contribution < 1.29 is 19.5 Å². The van der Waals surface area contributed by atoms with Gasteiger partial charge in [0, 0.05) is 20.0 Å². The van der Waals surface area contributed by atoms with Gasteiger partial charge in [-0.15, -0.1) is 0 Å². The zero-order chi connectivity index (χ0) is 15.3. The summed E-state index contributed by atoms with van der Waals surface area (Å²) in [4.78, 5) is 36.6. The Balaban J connectivity index is 2.69. The molecule has 0 saturated carbocycles. The molecule has 0 aromatic heterocycles. The van der Waals surface area contributed by atoms with E-state index in [1.54, 1.807) is 4.90 Å². The van der Waals surface area contributed by atoms with Crippen molar-refractivity contribution in [3.63, 3.8) is 0 Å². The van der Waals surface area contributed by atoms with E-state index >= 15 is 0 Å². The third-order valence-electron chi connectivity index (χ3n) is 3.86. The van der Waals surface area contributed by atoms with Gasteiger partial charge in [-0.1, -0.05) is 13.3 Å². The molecule has 1 aliphatic rings. The number of carbonyl (C=O) groups is 3. The van der Waals surface area contributed by atoms with Crippen LogP contribution < -0.4 is 5.32 Å². The molecule has 0 spiro atoms. The van der Waals surface area contributed by atoms with Gasteiger partial charge in [-0.05, 0) is 26.2 Å². The first-order chi connectivity index (χ1) is 9.30. The smallest absolute Gasteiger partial charge is 0.329 e. The molecule has 0 radical (unpaired) electrons. The predicted octanol–water partition coefficient (Wildman–Crippen LogP) is 1.00. The van der Waals surface area contributed by atoms with Crippen LogP contribution in [0.2, 0.25) is 0 Å². The topological polar surface area (TPSA) is 86.7 Å². The van der Waals surface area contributed by atoms with E-state index in [1.165, 1.54) is 13.8 Å². The lowest BCUT2D eigenvalue weighted by atomic mass is 9.92. The second-order valence-corrected chi connectivity index (χ2v) is 5.68. The minimum Gasteiger partial charge on any atom is -0.480 e. The Hall–Kier alpha value is -1.59. The molecule has 20 heavy (non-hydrogen) atoms.